The molecule has 0 saturated heterocycles. The summed E-state index contributed by atoms with van der Waals surface area (Å²) in [5.74, 6) is 0.526. The molecule has 1 heterocycles. The van der Waals surface area contributed by atoms with Crippen LogP contribution in [-0.4, -0.2) is 9.97 Å². The lowest BCUT2D eigenvalue weighted by Gasteiger charge is -2.41. The smallest absolute Gasteiger partial charge is 0.0756 e. The molecule has 88 valence electrons. The summed E-state index contributed by atoms with van der Waals surface area (Å²) in [5.41, 5.74) is 7.60. The van der Waals surface area contributed by atoms with Gasteiger partial charge in [0.2, 0.25) is 0 Å². The fourth-order valence-corrected chi connectivity index (χ4v) is 2.88. The Balaban J connectivity index is 2.17. The van der Waals surface area contributed by atoms with Gasteiger partial charge >= 0.3 is 0 Å². The van der Waals surface area contributed by atoms with Gasteiger partial charge in [-0.2, -0.15) is 0 Å². The van der Waals surface area contributed by atoms with Gasteiger partial charge in [-0.25, -0.2) is 0 Å². The van der Waals surface area contributed by atoms with E-state index >= 15 is 0 Å². The number of hydrogen-bond donors (Lipinski definition) is 1. The molecule has 0 radical (unpaired) electrons. The third kappa shape index (κ3) is 2.24. The second-order valence-corrected chi connectivity index (χ2v) is 5.50. The third-order valence-corrected chi connectivity index (χ3v) is 3.95. The van der Waals surface area contributed by atoms with E-state index in [9.17, 15) is 0 Å². The van der Waals surface area contributed by atoms with E-state index in [4.69, 9.17) is 5.73 Å². The van der Waals surface area contributed by atoms with Crippen molar-refractivity contribution in [3.8, 4) is 0 Å². The molecule has 1 aliphatic rings. The molecule has 16 heavy (non-hydrogen) atoms. The summed E-state index contributed by atoms with van der Waals surface area (Å²) in [7, 11) is 0. The quantitative estimate of drug-likeness (QED) is 0.832. The second-order valence-electron chi connectivity index (χ2n) is 5.50. The summed E-state index contributed by atoms with van der Waals surface area (Å²) in [5, 5.41) is 0. The Morgan fingerprint density at radius 2 is 2.19 bits per heavy atom. The van der Waals surface area contributed by atoms with Gasteiger partial charge in [-0.15, -0.1) is 0 Å². The molecule has 3 heteroatoms. The van der Waals surface area contributed by atoms with Crippen LogP contribution in [0.3, 0.4) is 0 Å². The van der Waals surface area contributed by atoms with Crippen LogP contribution in [0.4, 0.5) is 0 Å². The maximum atomic E-state index is 6.34. The molecule has 2 N–H and O–H groups in total. The van der Waals surface area contributed by atoms with Crippen molar-refractivity contribution in [1.29, 1.82) is 0 Å². The molecule has 1 aromatic heterocycles. The van der Waals surface area contributed by atoms with Gasteiger partial charge in [-0.05, 0) is 24.2 Å². The van der Waals surface area contributed by atoms with Gasteiger partial charge < -0.3 is 5.73 Å². The number of nitrogens with zero attached hydrogens (tertiary/aromatic N) is 2. The first kappa shape index (κ1) is 11.5. The fraction of sp³-hybridized carbons (Fsp3) is 0.692. The zero-order chi connectivity index (χ0) is 11.6. The van der Waals surface area contributed by atoms with Gasteiger partial charge in [0.15, 0.2) is 0 Å². The molecule has 2 atom stereocenters. The molecular formula is C13H21N3. The molecule has 1 aliphatic carbocycles. The third-order valence-electron chi connectivity index (χ3n) is 3.95. The summed E-state index contributed by atoms with van der Waals surface area (Å²) in [6, 6.07) is 0.0315. The first-order valence-corrected chi connectivity index (χ1v) is 6.13. The van der Waals surface area contributed by atoms with E-state index < -0.39 is 0 Å². The Bertz CT molecular complexity index is 334. The number of aromatic nitrogens is 2. The molecular weight excluding hydrogens is 198 g/mol. The van der Waals surface area contributed by atoms with Gasteiger partial charge in [-0.1, -0.05) is 26.7 Å². The zero-order valence-electron chi connectivity index (χ0n) is 10.2. The van der Waals surface area contributed by atoms with Gasteiger partial charge in [-0.3, -0.25) is 9.97 Å². The normalized spacial score (nSPS) is 26.3. The Hall–Kier alpha value is -0.960. The van der Waals surface area contributed by atoms with E-state index in [1.165, 1.54) is 25.7 Å². The lowest BCUT2D eigenvalue weighted by atomic mass is 9.65. The molecule has 0 amide bonds. The Kier molecular flexibility index (Phi) is 3.24. The monoisotopic (exact) mass is 219 g/mol. The molecule has 2 unspecified atom stereocenters. The minimum Gasteiger partial charge on any atom is -0.322 e. The van der Waals surface area contributed by atoms with Crippen LogP contribution in [0.5, 0.6) is 0 Å². The van der Waals surface area contributed by atoms with Crippen LogP contribution >= 0.6 is 0 Å². The van der Waals surface area contributed by atoms with Crippen molar-refractivity contribution in [2.45, 2.75) is 45.6 Å². The van der Waals surface area contributed by atoms with Crippen LogP contribution in [0.25, 0.3) is 0 Å². The molecule has 0 aromatic carbocycles. The van der Waals surface area contributed by atoms with Gasteiger partial charge in [0.1, 0.15) is 0 Å². The van der Waals surface area contributed by atoms with Crippen molar-refractivity contribution in [2.75, 3.05) is 0 Å². The molecule has 1 aromatic rings. The summed E-state index contributed by atoms with van der Waals surface area (Å²) in [6.07, 6.45) is 10.3. The maximum Gasteiger partial charge on any atom is 0.0756 e. The van der Waals surface area contributed by atoms with Gasteiger partial charge in [0, 0.05) is 18.6 Å². The Morgan fingerprint density at radius 3 is 2.81 bits per heavy atom. The second kappa shape index (κ2) is 4.50. The molecule has 0 spiro atoms. The number of hydrogen-bond acceptors (Lipinski definition) is 3. The first-order chi connectivity index (χ1) is 7.61. The summed E-state index contributed by atoms with van der Waals surface area (Å²) >= 11 is 0. The van der Waals surface area contributed by atoms with E-state index in [0.717, 1.165) is 5.69 Å². The highest BCUT2D eigenvalue weighted by molar-refractivity contribution is 5.06. The van der Waals surface area contributed by atoms with E-state index in [1.54, 1.807) is 18.6 Å². The van der Waals surface area contributed by atoms with Crippen molar-refractivity contribution in [2.24, 2.45) is 17.1 Å². The van der Waals surface area contributed by atoms with Gasteiger partial charge in [0.25, 0.3) is 0 Å². The largest absolute Gasteiger partial charge is 0.322 e. The maximum absolute atomic E-state index is 6.34. The van der Waals surface area contributed by atoms with Crippen LogP contribution < -0.4 is 5.73 Å². The van der Waals surface area contributed by atoms with E-state index in [2.05, 4.69) is 23.8 Å². The Morgan fingerprint density at radius 1 is 1.38 bits per heavy atom. The highest BCUT2D eigenvalue weighted by atomic mass is 14.8. The predicted molar refractivity (Wildman–Crippen MR) is 64.7 cm³/mol. The Labute approximate surface area is 97.5 Å². The molecule has 1 saturated carbocycles. The molecule has 0 aliphatic heterocycles. The average molecular weight is 219 g/mol. The van der Waals surface area contributed by atoms with Crippen molar-refractivity contribution in [1.82, 2.24) is 9.97 Å². The molecule has 1 fully saturated rings. The first-order valence-electron chi connectivity index (χ1n) is 6.13. The van der Waals surface area contributed by atoms with Crippen LogP contribution in [0.15, 0.2) is 18.6 Å². The summed E-state index contributed by atoms with van der Waals surface area (Å²) in [4.78, 5) is 8.44. The van der Waals surface area contributed by atoms with E-state index in [-0.39, 0.29) is 6.04 Å². The minimum atomic E-state index is 0.0315. The van der Waals surface area contributed by atoms with Crippen LogP contribution in [0.1, 0.15) is 51.3 Å². The van der Waals surface area contributed by atoms with Crippen LogP contribution in [0.2, 0.25) is 0 Å². The van der Waals surface area contributed by atoms with Gasteiger partial charge in [0.05, 0.1) is 11.7 Å². The van der Waals surface area contributed by atoms with Crippen LogP contribution in [-0.2, 0) is 0 Å². The SMILES string of the molecule is CC1(C)CCCCC1C(N)c1cnccn1. The van der Waals surface area contributed by atoms with Crippen molar-refractivity contribution < 1.29 is 0 Å². The highest BCUT2D eigenvalue weighted by Gasteiger charge is 2.37. The molecule has 0 bridgehead atoms. The lowest BCUT2D eigenvalue weighted by molar-refractivity contribution is 0.111. The van der Waals surface area contributed by atoms with E-state index in [1.807, 2.05) is 0 Å². The lowest BCUT2D eigenvalue weighted by Crippen LogP contribution is -2.36. The predicted octanol–water partition coefficient (Wildman–Crippen LogP) is 2.69. The van der Waals surface area contributed by atoms with Crippen molar-refractivity contribution in [3.05, 3.63) is 24.3 Å². The summed E-state index contributed by atoms with van der Waals surface area (Å²) < 4.78 is 0. The number of nitrogens with two attached hydrogens (primary N) is 1. The van der Waals surface area contributed by atoms with Crippen LogP contribution in [0, 0.1) is 11.3 Å². The standard InChI is InChI=1S/C13H21N3/c1-13(2)6-4-3-5-10(13)12(14)11-9-15-7-8-16-11/h7-10,12H,3-6,14H2,1-2H3. The minimum absolute atomic E-state index is 0.0315. The highest BCUT2D eigenvalue weighted by Crippen LogP contribution is 2.45. The molecule has 2 rings (SSSR count). The van der Waals surface area contributed by atoms with E-state index in [0.29, 0.717) is 11.3 Å². The fourth-order valence-electron chi connectivity index (χ4n) is 2.88. The average Bonchev–Trinajstić information content (AvgIpc) is 2.29. The molecule has 3 nitrogen and oxygen atoms in total. The topological polar surface area (TPSA) is 51.8 Å². The van der Waals surface area contributed by atoms with Crippen molar-refractivity contribution >= 4 is 0 Å². The zero-order valence-corrected chi connectivity index (χ0v) is 10.2. The summed E-state index contributed by atoms with van der Waals surface area (Å²) in [6.45, 7) is 4.65. The number of rotatable bonds is 2. The van der Waals surface area contributed by atoms with Crippen molar-refractivity contribution in [3.63, 3.8) is 0 Å².